The number of carbonyl (C=O) groups excluding carboxylic acids is 1. The Morgan fingerprint density at radius 1 is 1.36 bits per heavy atom. The molecule has 1 N–H and O–H groups in total. The van der Waals surface area contributed by atoms with Crippen LogP contribution in [-0.4, -0.2) is 31.4 Å². The standard InChI is InChI=1S/C11H16N2O/c1-13(8-7-12-10-14)9-11-5-3-2-4-6-11/h2-6,10H,7-9H2,1H3,(H,12,14). The molecule has 0 saturated heterocycles. The highest BCUT2D eigenvalue weighted by Gasteiger charge is 1.98. The summed E-state index contributed by atoms with van der Waals surface area (Å²) in [5, 5.41) is 2.64. The Morgan fingerprint density at radius 3 is 2.71 bits per heavy atom. The molecule has 76 valence electrons. The van der Waals surface area contributed by atoms with Crippen molar-refractivity contribution >= 4 is 6.41 Å². The van der Waals surface area contributed by atoms with Gasteiger partial charge in [0.1, 0.15) is 0 Å². The van der Waals surface area contributed by atoms with Gasteiger partial charge in [-0.15, -0.1) is 0 Å². The van der Waals surface area contributed by atoms with E-state index < -0.39 is 0 Å². The fourth-order valence-corrected chi connectivity index (χ4v) is 1.29. The summed E-state index contributed by atoms with van der Waals surface area (Å²) in [6.07, 6.45) is 0.732. The second kappa shape index (κ2) is 6.16. The molecule has 0 spiro atoms. The van der Waals surface area contributed by atoms with Gasteiger partial charge in [0.25, 0.3) is 0 Å². The van der Waals surface area contributed by atoms with E-state index in [1.54, 1.807) is 0 Å². The summed E-state index contributed by atoms with van der Waals surface area (Å²) in [5.74, 6) is 0. The quantitative estimate of drug-likeness (QED) is 0.535. The first-order chi connectivity index (χ1) is 6.83. The third-order valence-corrected chi connectivity index (χ3v) is 2.02. The summed E-state index contributed by atoms with van der Waals surface area (Å²) < 4.78 is 0. The Labute approximate surface area is 84.7 Å². The average Bonchev–Trinajstić information content (AvgIpc) is 2.20. The largest absolute Gasteiger partial charge is 0.357 e. The molecule has 1 rings (SSSR count). The van der Waals surface area contributed by atoms with Crippen molar-refractivity contribution in [2.45, 2.75) is 6.54 Å². The molecule has 0 radical (unpaired) electrons. The second-order valence-corrected chi connectivity index (χ2v) is 3.30. The third-order valence-electron chi connectivity index (χ3n) is 2.02. The van der Waals surface area contributed by atoms with Crippen LogP contribution in [0.5, 0.6) is 0 Å². The van der Waals surface area contributed by atoms with E-state index in [1.807, 2.05) is 25.2 Å². The lowest BCUT2D eigenvalue weighted by atomic mass is 10.2. The zero-order chi connectivity index (χ0) is 10.2. The van der Waals surface area contributed by atoms with Gasteiger partial charge in [-0.2, -0.15) is 0 Å². The fourth-order valence-electron chi connectivity index (χ4n) is 1.29. The van der Waals surface area contributed by atoms with Crippen molar-refractivity contribution in [3.05, 3.63) is 35.9 Å². The molecule has 0 aliphatic heterocycles. The van der Waals surface area contributed by atoms with Crippen LogP contribution in [0.25, 0.3) is 0 Å². The smallest absolute Gasteiger partial charge is 0.207 e. The number of likely N-dealkylation sites (N-methyl/N-ethyl adjacent to an activating group) is 1. The summed E-state index contributed by atoms with van der Waals surface area (Å²) in [4.78, 5) is 12.2. The van der Waals surface area contributed by atoms with Crippen LogP contribution in [0.2, 0.25) is 0 Å². The van der Waals surface area contributed by atoms with Gasteiger partial charge in [0.2, 0.25) is 6.41 Å². The van der Waals surface area contributed by atoms with Crippen LogP contribution in [0, 0.1) is 0 Å². The monoisotopic (exact) mass is 192 g/mol. The van der Waals surface area contributed by atoms with Crippen molar-refractivity contribution in [3.8, 4) is 0 Å². The van der Waals surface area contributed by atoms with E-state index in [4.69, 9.17) is 0 Å². The number of carbonyl (C=O) groups is 1. The van der Waals surface area contributed by atoms with E-state index >= 15 is 0 Å². The predicted octanol–water partition coefficient (Wildman–Crippen LogP) is 0.864. The van der Waals surface area contributed by atoms with Gasteiger partial charge in [-0.3, -0.25) is 4.79 Å². The first-order valence-corrected chi connectivity index (χ1v) is 4.72. The van der Waals surface area contributed by atoms with Gasteiger partial charge in [0.05, 0.1) is 0 Å². The highest BCUT2D eigenvalue weighted by Crippen LogP contribution is 2.01. The average molecular weight is 192 g/mol. The second-order valence-electron chi connectivity index (χ2n) is 3.30. The van der Waals surface area contributed by atoms with E-state index in [1.165, 1.54) is 5.56 Å². The van der Waals surface area contributed by atoms with Crippen LogP contribution in [0.15, 0.2) is 30.3 Å². The lowest BCUT2D eigenvalue weighted by molar-refractivity contribution is -0.109. The fraction of sp³-hybridized carbons (Fsp3) is 0.364. The minimum atomic E-state index is 0.701. The normalized spacial score (nSPS) is 10.1. The summed E-state index contributed by atoms with van der Waals surface area (Å²) >= 11 is 0. The van der Waals surface area contributed by atoms with Crippen molar-refractivity contribution in [2.24, 2.45) is 0 Å². The molecule has 1 aromatic carbocycles. The van der Waals surface area contributed by atoms with E-state index in [0.717, 1.165) is 19.5 Å². The lowest BCUT2D eigenvalue weighted by Gasteiger charge is -2.15. The molecule has 0 saturated carbocycles. The Kier molecular flexibility index (Phi) is 4.72. The van der Waals surface area contributed by atoms with Crippen LogP contribution in [-0.2, 0) is 11.3 Å². The van der Waals surface area contributed by atoms with E-state index in [2.05, 4.69) is 22.3 Å². The molecule has 14 heavy (non-hydrogen) atoms. The minimum absolute atomic E-state index is 0.701. The molecule has 0 atom stereocenters. The van der Waals surface area contributed by atoms with Crippen molar-refractivity contribution < 1.29 is 4.79 Å². The van der Waals surface area contributed by atoms with E-state index in [9.17, 15) is 4.79 Å². The van der Waals surface area contributed by atoms with Gasteiger partial charge in [-0.25, -0.2) is 0 Å². The van der Waals surface area contributed by atoms with Gasteiger partial charge in [-0.1, -0.05) is 30.3 Å². The van der Waals surface area contributed by atoms with Gasteiger partial charge >= 0.3 is 0 Å². The highest BCUT2D eigenvalue weighted by molar-refractivity contribution is 5.45. The van der Waals surface area contributed by atoms with E-state index in [-0.39, 0.29) is 0 Å². The number of nitrogens with zero attached hydrogens (tertiary/aromatic N) is 1. The number of rotatable bonds is 6. The molecule has 0 bridgehead atoms. The number of hydrogen-bond donors (Lipinski definition) is 1. The maximum atomic E-state index is 10.0. The van der Waals surface area contributed by atoms with Gasteiger partial charge in [0, 0.05) is 19.6 Å². The third kappa shape index (κ3) is 4.05. The molecule has 0 fully saturated rings. The van der Waals surface area contributed by atoms with E-state index in [0.29, 0.717) is 6.54 Å². The molecular formula is C11H16N2O. The Balaban J connectivity index is 2.26. The molecule has 1 amide bonds. The first kappa shape index (κ1) is 10.7. The SMILES string of the molecule is CN(CCNC=O)Cc1ccccc1. The number of hydrogen-bond acceptors (Lipinski definition) is 2. The molecular weight excluding hydrogens is 176 g/mol. The van der Waals surface area contributed by atoms with Gasteiger partial charge in [-0.05, 0) is 12.6 Å². The van der Waals surface area contributed by atoms with Crippen LogP contribution >= 0.6 is 0 Å². The molecule has 1 aromatic rings. The topological polar surface area (TPSA) is 32.3 Å². The summed E-state index contributed by atoms with van der Waals surface area (Å²) in [7, 11) is 2.04. The minimum Gasteiger partial charge on any atom is -0.357 e. The Morgan fingerprint density at radius 2 is 2.07 bits per heavy atom. The van der Waals surface area contributed by atoms with Crippen molar-refractivity contribution in [1.29, 1.82) is 0 Å². The molecule has 3 nitrogen and oxygen atoms in total. The van der Waals surface area contributed by atoms with Crippen LogP contribution in [0.3, 0.4) is 0 Å². The summed E-state index contributed by atoms with van der Waals surface area (Å²) in [6, 6.07) is 10.3. The number of nitrogens with one attached hydrogen (secondary N) is 1. The predicted molar refractivity (Wildman–Crippen MR) is 56.8 cm³/mol. The zero-order valence-electron chi connectivity index (χ0n) is 8.44. The van der Waals surface area contributed by atoms with Gasteiger partial charge in [0.15, 0.2) is 0 Å². The maximum Gasteiger partial charge on any atom is 0.207 e. The number of amides is 1. The molecule has 0 unspecified atom stereocenters. The number of benzene rings is 1. The van der Waals surface area contributed by atoms with Crippen LogP contribution in [0.4, 0.5) is 0 Å². The molecule has 0 heterocycles. The summed E-state index contributed by atoms with van der Waals surface area (Å²) in [6.45, 7) is 2.49. The highest BCUT2D eigenvalue weighted by atomic mass is 16.1. The van der Waals surface area contributed by atoms with Crippen LogP contribution in [0.1, 0.15) is 5.56 Å². The maximum absolute atomic E-state index is 10.0. The van der Waals surface area contributed by atoms with Crippen molar-refractivity contribution in [2.75, 3.05) is 20.1 Å². The molecule has 0 aliphatic carbocycles. The van der Waals surface area contributed by atoms with Crippen molar-refractivity contribution in [3.63, 3.8) is 0 Å². The Hall–Kier alpha value is -1.35. The molecule has 0 aromatic heterocycles. The zero-order valence-corrected chi connectivity index (χ0v) is 8.44. The molecule has 0 aliphatic rings. The molecule has 3 heteroatoms. The van der Waals surface area contributed by atoms with Crippen molar-refractivity contribution in [1.82, 2.24) is 10.2 Å². The first-order valence-electron chi connectivity index (χ1n) is 4.72. The lowest BCUT2D eigenvalue weighted by Crippen LogP contribution is -2.28. The van der Waals surface area contributed by atoms with Crippen LogP contribution < -0.4 is 5.32 Å². The van der Waals surface area contributed by atoms with Gasteiger partial charge < -0.3 is 10.2 Å². The summed E-state index contributed by atoms with van der Waals surface area (Å²) in [5.41, 5.74) is 1.29. The Bertz CT molecular complexity index is 261.